The van der Waals surface area contributed by atoms with Crippen LogP contribution in [0.1, 0.15) is 33.6 Å². The average Bonchev–Trinajstić information content (AvgIpc) is 2.40. The fourth-order valence-electron chi connectivity index (χ4n) is 2.60. The summed E-state index contributed by atoms with van der Waals surface area (Å²) < 4.78 is 5.86. The van der Waals surface area contributed by atoms with E-state index in [-0.39, 0.29) is 5.91 Å². The number of nitrogens with zero attached hydrogens (tertiary/aromatic N) is 1. The van der Waals surface area contributed by atoms with E-state index in [1.54, 1.807) is 24.3 Å². The van der Waals surface area contributed by atoms with Gasteiger partial charge in [0, 0.05) is 18.1 Å². The highest BCUT2D eigenvalue weighted by Gasteiger charge is 2.35. The number of piperidine rings is 1. The lowest BCUT2D eigenvalue weighted by atomic mass is 9.98. The maximum atomic E-state index is 12.6. The van der Waals surface area contributed by atoms with Gasteiger partial charge in [0.1, 0.15) is 5.75 Å². The van der Waals surface area contributed by atoms with Gasteiger partial charge in [0.05, 0.1) is 0 Å². The number of benzene rings is 1. The molecule has 1 saturated heterocycles. The third-order valence-corrected chi connectivity index (χ3v) is 3.90. The molecule has 0 aromatic heterocycles. The highest BCUT2D eigenvalue weighted by molar-refractivity contribution is 6.30. The quantitative estimate of drug-likeness (QED) is 0.850. The van der Waals surface area contributed by atoms with Crippen LogP contribution in [0.15, 0.2) is 24.3 Å². The lowest BCUT2D eigenvalue weighted by molar-refractivity contribution is -0.147. The van der Waals surface area contributed by atoms with Gasteiger partial charge in [-0.25, -0.2) is 0 Å². The maximum Gasteiger partial charge on any atom is 0.266 e. The van der Waals surface area contributed by atoms with E-state index in [9.17, 15) is 4.79 Å². The molecule has 0 spiro atoms. The normalized spacial score (nSPS) is 19.8. The number of rotatable bonds is 3. The zero-order valence-corrected chi connectivity index (χ0v) is 13.1. The molecule has 3 nitrogen and oxygen atoms in total. The van der Waals surface area contributed by atoms with Gasteiger partial charge in [-0.1, -0.05) is 18.5 Å². The molecule has 110 valence electrons. The van der Waals surface area contributed by atoms with Crippen LogP contribution in [0.25, 0.3) is 0 Å². The summed E-state index contributed by atoms with van der Waals surface area (Å²) in [4.78, 5) is 14.5. The van der Waals surface area contributed by atoms with Gasteiger partial charge in [-0.15, -0.1) is 0 Å². The molecule has 1 aromatic rings. The maximum absolute atomic E-state index is 12.6. The molecule has 0 radical (unpaired) electrons. The Bertz CT molecular complexity index is 470. The van der Waals surface area contributed by atoms with Gasteiger partial charge in [-0.3, -0.25) is 4.79 Å². The number of carbonyl (C=O) groups excluding carboxylic acids is 1. The highest BCUT2D eigenvalue weighted by Crippen LogP contribution is 2.24. The molecule has 0 N–H and O–H groups in total. The summed E-state index contributed by atoms with van der Waals surface area (Å²) in [6.07, 6.45) is 2.27. The lowest BCUT2D eigenvalue weighted by Gasteiger charge is -2.36. The SMILES string of the molecule is C[C@H]1CCCN(C(=O)C(C)(C)Oc2ccc(Cl)cc2)C1. The molecule has 0 saturated carbocycles. The highest BCUT2D eigenvalue weighted by atomic mass is 35.5. The predicted molar refractivity (Wildman–Crippen MR) is 81.1 cm³/mol. The molecule has 1 heterocycles. The molecular weight excluding hydrogens is 274 g/mol. The minimum absolute atomic E-state index is 0.0546. The number of amides is 1. The van der Waals surface area contributed by atoms with Crippen molar-refractivity contribution < 1.29 is 9.53 Å². The first-order chi connectivity index (χ1) is 9.38. The molecule has 2 rings (SSSR count). The van der Waals surface area contributed by atoms with Gasteiger partial charge in [-0.2, -0.15) is 0 Å². The van der Waals surface area contributed by atoms with Crippen molar-refractivity contribution in [2.45, 2.75) is 39.2 Å². The van der Waals surface area contributed by atoms with Crippen molar-refractivity contribution in [2.24, 2.45) is 5.92 Å². The second-order valence-corrected chi connectivity index (χ2v) is 6.50. The molecule has 0 unspecified atom stereocenters. The van der Waals surface area contributed by atoms with E-state index in [0.717, 1.165) is 19.5 Å². The molecular formula is C16H22ClNO2. The van der Waals surface area contributed by atoms with E-state index in [1.165, 1.54) is 6.42 Å². The van der Waals surface area contributed by atoms with Crippen LogP contribution in [0.3, 0.4) is 0 Å². The van der Waals surface area contributed by atoms with Gasteiger partial charge in [0.15, 0.2) is 5.60 Å². The largest absolute Gasteiger partial charge is 0.478 e. The zero-order chi connectivity index (χ0) is 14.8. The van der Waals surface area contributed by atoms with Gasteiger partial charge in [0.2, 0.25) is 0 Å². The van der Waals surface area contributed by atoms with Gasteiger partial charge in [0.25, 0.3) is 5.91 Å². The second kappa shape index (κ2) is 6.04. The number of ether oxygens (including phenoxy) is 1. The van der Waals surface area contributed by atoms with Gasteiger partial charge < -0.3 is 9.64 Å². The standard InChI is InChI=1S/C16H22ClNO2/c1-12-5-4-10-18(11-12)15(19)16(2,3)20-14-8-6-13(17)7-9-14/h6-9,12H,4-5,10-11H2,1-3H3/t12-/m0/s1. The zero-order valence-electron chi connectivity index (χ0n) is 12.4. The number of halogens is 1. The Labute approximate surface area is 125 Å². The fraction of sp³-hybridized carbons (Fsp3) is 0.562. The molecule has 1 atom stereocenters. The van der Waals surface area contributed by atoms with Gasteiger partial charge >= 0.3 is 0 Å². The number of hydrogen-bond acceptors (Lipinski definition) is 2. The van der Waals surface area contributed by atoms with E-state index >= 15 is 0 Å². The Hall–Kier alpha value is -1.22. The molecule has 0 aliphatic carbocycles. The summed E-state index contributed by atoms with van der Waals surface area (Å²) in [6, 6.07) is 7.10. The molecule has 1 aliphatic heterocycles. The van der Waals surface area contributed by atoms with Crippen molar-refractivity contribution in [1.82, 2.24) is 4.90 Å². The smallest absolute Gasteiger partial charge is 0.266 e. The topological polar surface area (TPSA) is 29.5 Å². The first kappa shape index (κ1) is 15.2. The molecule has 4 heteroatoms. The summed E-state index contributed by atoms with van der Waals surface area (Å²) in [7, 11) is 0. The Morgan fingerprint density at radius 1 is 1.35 bits per heavy atom. The third-order valence-electron chi connectivity index (χ3n) is 3.65. The predicted octanol–water partition coefficient (Wildman–Crippen LogP) is 3.76. The van der Waals surface area contributed by atoms with Crippen molar-refractivity contribution in [2.75, 3.05) is 13.1 Å². The van der Waals surface area contributed by atoms with Crippen LogP contribution in [0, 0.1) is 5.92 Å². The van der Waals surface area contributed by atoms with Crippen LogP contribution >= 0.6 is 11.6 Å². The van der Waals surface area contributed by atoms with E-state index in [4.69, 9.17) is 16.3 Å². The van der Waals surface area contributed by atoms with Crippen LogP contribution < -0.4 is 4.74 Å². The van der Waals surface area contributed by atoms with Crippen LogP contribution in [-0.2, 0) is 4.79 Å². The molecule has 1 aliphatic rings. The number of likely N-dealkylation sites (tertiary alicyclic amines) is 1. The first-order valence-electron chi connectivity index (χ1n) is 7.12. The van der Waals surface area contributed by atoms with Crippen LogP contribution in [0.5, 0.6) is 5.75 Å². The van der Waals surface area contributed by atoms with Crippen molar-refractivity contribution in [3.05, 3.63) is 29.3 Å². The van der Waals surface area contributed by atoms with Gasteiger partial charge in [-0.05, 0) is 56.9 Å². The Balaban J connectivity index is 2.04. The van der Waals surface area contributed by atoms with E-state index in [2.05, 4.69) is 6.92 Å². The first-order valence-corrected chi connectivity index (χ1v) is 7.50. The van der Waals surface area contributed by atoms with E-state index in [1.807, 2.05) is 18.7 Å². The van der Waals surface area contributed by atoms with E-state index in [0.29, 0.717) is 16.7 Å². The van der Waals surface area contributed by atoms with Crippen molar-refractivity contribution in [1.29, 1.82) is 0 Å². The minimum Gasteiger partial charge on any atom is -0.478 e. The summed E-state index contributed by atoms with van der Waals surface area (Å²) in [6.45, 7) is 7.49. The fourth-order valence-corrected chi connectivity index (χ4v) is 2.72. The summed E-state index contributed by atoms with van der Waals surface area (Å²) in [5.41, 5.74) is -0.856. The average molecular weight is 296 g/mol. The molecule has 1 amide bonds. The number of hydrogen-bond donors (Lipinski definition) is 0. The van der Waals surface area contributed by atoms with Crippen LogP contribution in [0.4, 0.5) is 0 Å². The number of carbonyl (C=O) groups is 1. The van der Waals surface area contributed by atoms with Crippen molar-refractivity contribution in [3.63, 3.8) is 0 Å². The molecule has 20 heavy (non-hydrogen) atoms. The Morgan fingerprint density at radius 2 is 2.00 bits per heavy atom. The Kier molecular flexibility index (Phi) is 4.59. The monoisotopic (exact) mass is 295 g/mol. The van der Waals surface area contributed by atoms with Crippen molar-refractivity contribution in [3.8, 4) is 5.75 Å². The Morgan fingerprint density at radius 3 is 2.60 bits per heavy atom. The third kappa shape index (κ3) is 3.66. The molecule has 1 aromatic carbocycles. The van der Waals surface area contributed by atoms with Crippen LogP contribution in [0.2, 0.25) is 5.02 Å². The summed E-state index contributed by atoms with van der Waals surface area (Å²) in [5.74, 6) is 1.29. The van der Waals surface area contributed by atoms with Crippen molar-refractivity contribution >= 4 is 17.5 Å². The summed E-state index contributed by atoms with van der Waals surface area (Å²) >= 11 is 5.85. The molecule has 1 fully saturated rings. The van der Waals surface area contributed by atoms with E-state index < -0.39 is 5.60 Å². The molecule has 0 bridgehead atoms. The summed E-state index contributed by atoms with van der Waals surface area (Å²) in [5, 5.41) is 0.659. The minimum atomic E-state index is -0.856. The van der Waals surface area contributed by atoms with Crippen LogP contribution in [-0.4, -0.2) is 29.5 Å². The lowest BCUT2D eigenvalue weighted by Crippen LogP contribution is -2.51. The second-order valence-electron chi connectivity index (χ2n) is 6.06.